The normalized spacial score (nSPS) is 11.5. The quantitative estimate of drug-likeness (QED) is 0.799. The van der Waals surface area contributed by atoms with Gasteiger partial charge in [0.2, 0.25) is 10.0 Å². The summed E-state index contributed by atoms with van der Waals surface area (Å²) in [6.45, 7) is 2.65. The number of carbonyl (C=O) groups excluding carboxylic acids is 1. The van der Waals surface area contributed by atoms with Crippen molar-refractivity contribution in [3.05, 3.63) is 27.7 Å². The van der Waals surface area contributed by atoms with Gasteiger partial charge in [-0.1, -0.05) is 43.0 Å². The zero-order chi connectivity index (χ0) is 16.2. The number of sulfonamides is 1. The Bertz CT molecular complexity index is 633. The Morgan fingerprint density at radius 1 is 1.29 bits per heavy atom. The lowest BCUT2D eigenvalue weighted by Crippen LogP contribution is -2.28. The Balaban J connectivity index is 3.09. The highest BCUT2D eigenvalue weighted by molar-refractivity contribution is 7.89. The Morgan fingerprint density at radius 2 is 1.90 bits per heavy atom. The van der Waals surface area contributed by atoms with Crippen LogP contribution in [0, 0.1) is 0 Å². The average Bonchev–Trinajstić information content (AvgIpc) is 2.39. The first-order chi connectivity index (χ1) is 9.68. The van der Waals surface area contributed by atoms with Gasteiger partial charge in [-0.2, -0.15) is 0 Å². The molecule has 1 aromatic rings. The maximum Gasteiger partial charge on any atom is 0.253 e. The van der Waals surface area contributed by atoms with Crippen molar-refractivity contribution in [1.82, 2.24) is 4.90 Å². The van der Waals surface area contributed by atoms with E-state index in [4.69, 9.17) is 28.3 Å². The number of halogens is 2. The number of hydrogen-bond acceptors (Lipinski definition) is 3. The molecule has 0 heterocycles. The molecule has 0 saturated carbocycles. The van der Waals surface area contributed by atoms with Gasteiger partial charge < -0.3 is 4.90 Å². The minimum Gasteiger partial charge on any atom is -0.342 e. The molecule has 0 saturated heterocycles. The van der Waals surface area contributed by atoms with Crippen LogP contribution in [0.25, 0.3) is 0 Å². The molecule has 1 amide bonds. The lowest BCUT2D eigenvalue weighted by atomic mass is 10.2. The number of rotatable bonds is 6. The van der Waals surface area contributed by atoms with Gasteiger partial charge >= 0.3 is 0 Å². The van der Waals surface area contributed by atoms with E-state index in [2.05, 4.69) is 6.92 Å². The lowest BCUT2D eigenvalue weighted by Gasteiger charge is -2.18. The SMILES string of the molecule is CCCCCN(C)C(=O)c1cc(Cl)c(Cl)c(S(N)(=O)=O)c1. The van der Waals surface area contributed by atoms with Crippen LogP contribution in [0.15, 0.2) is 17.0 Å². The van der Waals surface area contributed by atoms with Gasteiger partial charge in [-0.3, -0.25) is 4.79 Å². The van der Waals surface area contributed by atoms with Crippen LogP contribution in [0.5, 0.6) is 0 Å². The van der Waals surface area contributed by atoms with Gasteiger partial charge in [0.1, 0.15) is 4.90 Å². The molecule has 1 aromatic carbocycles. The first kappa shape index (κ1) is 18.2. The summed E-state index contributed by atoms with van der Waals surface area (Å²) in [7, 11) is -2.40. The molecule has 5 nitrogen and oxygen atoms in total. The zero-order valence-corrected chi connectivity index (χ0v) is 14.2. The van der Waals surface area contributed by atoms with Crippen LogP contribution >= 0.6 is 23.2 Å². The molecule has 8 heteroatoms. The number of primary sulfonamides is 1. The Hall–Kier alpha value is -0.820. The topological polar surface area (TPSA) is 80.5 Å². The number of unbranched alkanes of at least 4 members (excludes halogenated alkanes) is 2. The van der Waals surface area contributed by atoms with E-state index in [0.29, 0.717) is 6.54 Å². The summed E-state index contributed by atoms with van der Waals surface area (Å²) in [5.74, 6) is -0.324. The number of carbonyl (C=O) groups is 1. The van der Waals surface area contributed by atoms with Crippen LogP contribution in [-0.2, 0) is 10.0 Å². The van der Waals surface area contributed by atoms with Crippen molar-refractivity contribution >= 4 is 39.1 Å². The van der Waals surface area contributed by atoms with Gasteiger partial charge in [0, 0.05) is 19.2 Å². The van der Waals surface area contributed by atoms with E-state index in [1.807, 2.05) is 0 Å². The van der Waals surface area contributed by atoms with Crippen LogP contribution in [0.3, 0.4) is 0 Å². The average molecular weight is 353 g/mol. The Labute approximate surface area is 135 Å². The fraction of sp³-hybridized carbons (Fsp3) is 0.462. The predicted molar refractivity (Wildman–Crippen MR) is 84.3 cm³/mol. The monoisotopic (exact) mass is 352 g/mol. The molecule has 0 fully saturated rings. The van der Waals surface area contributed by atoms with Crippen molar-refractivity contribution in [2.45, 2.75) is 31.1 Å². The van der Waals surface area contributed by atoms with E-state index in [0.717, 1.165) is 25.3 Å². The van der Waals surface area contributed by atoms with Gasteiger partial charge in [-0.15, -0.1) is 0 Å². The third kappa shape index (κ3) is 4.85. The van der Waals surface area contributed by atoms with Crippen LogP contribution in [-0.4, -0.2) is 32.8 Å². The second kappa shape index (κ2) is 7.45. The summed E-state index contributed by atoms with van der Waals surface area (Å²) in [4.78, 5) is 13.4. The highest BCUT2D eigenvalue weighted by atomic mass is 35.5. The van der Waals surface area contributed by atoms with Gasteiger partial charge in [0.25, 0.3) is 5.91 Å². The molecule has 0 radical (unpaired) electrons. The van der Waals surface area contributed by atoms with Gasteiger partial charge in [-0.25, -0.2) is 13.6 Å². The second-order valence-electron chi connectivity index (χ2n) is 4.75. The molecular weight excluding hydrogens is 335 g/mol. The first-order valence-corrected chi connectivity index (χ1v) is 8.76. The number of benzene rings is 1. The number of nitrogens with zero attached hydrogens (tertiary/aromatic N) is 1. The van der Waals surface area contributed by atoms with Crippen molar-refractivity contribution in [2.24, 2.45) is 5.14 Å². The van der Waals surface area contributed by atoms with Crippen molar-refractivity contribution in [3.63, 3.8) is 0 Å². The summed E-state index contributed by atoms with van der Waals surface area (Å²) >= 11 is 11.7. The smallest absolute Gasteiger partial charge is 0.253 e. The Morgan fingerprint density at radius 3 is 2.43 bits per heavy atom. The summed E-state index contributed by atoms with van der Waals surface area (Å²) in [5.41, 5.74) is 0.146. The molecule has 1 rings (SSSR count). The molecule has 0 aliphatic carbocycles. The minimum absolute atomic E-state index is 0.0199. The first-order valence-electron chi connectivity index (χ1n) is 6.45. The van der Waals surface area contributed by atoms with E-state index in [-0.39, 0.29) is 26.4 Å². The number of amides is 1. The Kier molecular flexibility index (Phi) is 6.46. The van der Waals surface area contributed by atoms with Gasteiger partial charge in [0.15, 0.2) is 0 Å². The lowest BCUT2D eigenvalue weighted by molar-refractivity contribution is 0.0792. The summed E-state index contributed by atoms with van der Waals surface area (Å²) in [6.07, 6.45) is 2.94. The summed E-state index contributed by atoms with van der Waals surface area (Å²) in [6, 6.07) is 2.50. The highest BCUT2D eigenvalue weighted by Gasteiger charge is 2.21. The van der Waals surface area contributed by atoms with Crippen LogP contribution in [0.2, 0.25) is 10.0 Å². The summed E-state index contributed by atoms with van der Waals surface area (Å²) in [5, 5.41) is 4.88. The van der Waals surface area contributed by atoms with Gasteiger partial charge in [0.05, 0.1) is 10.0 Å². The molecule has 0 bridgehead atoms. The fourth-order valence-corrected chi connectivity index (χ4v) is 3.17. The minimum atomic E-state index is -4.05. The fourth-order valence-electron chi connectivity index (χ4n) is 1.82. The molecular formula is C13H18Cl2N2O3S. The van der Waals surface area contributed by atoms with Crippen LogP contribution in [0.1, 0.15) is 36.5 Å². The van der Waals surface area contributed by atoms with E-state index < -0.39 is 10.0 Å². The second-order valence-corrected chi connectivity index (χ2v) is 7.06. The molecule has 2 N–H and O–H groups in total. The largest absolute Gasteiger partial charge is 0.342 e. The molecule has 0 aliphatic rings. The molecule has 0 aliphatic heterocycles. The van der Waals surface area contributed by atoms with Crippen molar-refractivity contribution in [2.75, 3.05) is 13.6 Å². The van der Waals surface area contributed by atoms with E-state index in [1.54, 1.807) is 7.05 Å². The third-order valence-electron chi connectivity index (χ3n) is 2.99. The maximum atomic E-state index is 12.3. The molecule has 118 valence electrons. The number of hydrogen-bond donors (Lipinski definition) is 1. The zero-order valence-electron chi connectivity index (χ0n) is 11.9. The molecule has 0 aromatic heterocycles. The summed E-state index contributed by atoms with van der Waals surface area (Å²) < 4.78 is 22.9. The molecule has 0 atom stereocenters. The van der Waals surface area contributed by atoms with E-state index >= 15 is 0 Å². The van der Waals surface area contributed by atoms with Crippen molar-refractivity contribution in [3.8, 4) is 0 Å². The van der Waals surface area contributed by atoms with Crippen LogP contribution < -0.4 is 5.14 Å². The van der Waals surface area contributed by atoms with E-state index in [9.17, 15) is 13.2 Å². The third-order valence-corrected chi connectivity index (χ3v) is 4.84. The van der Waals surface area contributed by atoms with Crippen LogP contribution in [0.4, 0.5) is 0 Å². The number of nitrogens with two attached hydrogens (primary N) is 1. The van der Waals surface area contributed by atoms with Crippen molar-refractivity contribution < 1.29 is 13.2 Å². The van der Waals surface area contributed by atoms with Gasteiger partial charge in [-0.05, 0) is 18.6 Å². The maximum absolute atomic E-state index is 12.3. The molecule has 0 spiro atoms. The molecule has 0 unspecified atom stereocenters. The standard InChI is InChI=1S/C13H18Cl2N2O3S/c1-3-4-5-6-17(2)13(18)9-7-10(14)12(15)11(8-9)21(16,19)20/h7-8H,3-6H2,1-2H3,(H2,16,19,20). The highest BCUT2D eigenvalue weighted by Crippen LogP contribution is 2.30. The van der Waals surface area contributed by atoms with Crippen molar-refractivity contribution in [1.29, 1.82) is 0 Å². The molecule has 21 heavy (non-hydrogen) atoms. The predicted octanol–water partition coefficient (Wildman–Crippen LogP) is 2.90. The van der Waals surface area contributed by atoms with E-state index in [1.165, 1.54) is 11.0 Å².